The minimum absolute atomic E-state index is 0.703. The molecule has 2 N–H and O–H groups in total. The van der Waals surface area contributed by atoms with Crippen molar-refractivity contribution >= 4 is 17.5 Å². The Morgan fingerprint density at radius 1 is 1.03 bits per heavy atom. The Bertz CT molecular complexity index is 866. The molecule has 2 heterocycles. The first kappa shape index (κ1) is 21.9. The van der Waals surface area contributed by atoms with Crippen LogP contribution in [0, 0.1) is 0 Å². The average molecular weight is 399 g/mol. The van der Waals surface area contributed by atoms with Crippen LogP contribution in [0.1, 0.15) is 18.4 Å². The molecule has 0 atom stereocenters. The standard InChI is InChI=1S/C19H23N3O.C2H2O4/c1-21(16-17-9-3-2-4-10-17)12-7-8-14-23-19-15-18-11-5-6-13-22(18)20-19;3-1(4)2(5)6/h2-6,9-11,13,15H,7-8,12,14,16H2,1H3;(H,3,4)(H,5,6). The molecule has 0 saturated carbocycles. The third-order valence-electron chi connectivity index (χ3n) is 4.01. The molecule has 0 bridgehead atoms. The molecule has 3 aromatic rings. The molecule has 8 heteroatoms. The average Bonchev–Trinajstić information content (AvgIpc) is 3.11. The first-order valence-corrected chi connectivity index (χ1v) is 9.21. The number of aliphatic carboxylic acids is 2. The van der Waals surface area contributed by atoms with Crippen molar-refractivity contribution in [3.05, 3.63) is 66.4 Å². The van der Waals surface area contributed by atoms with Crippen molar-refractivity contribution in [2.75, 3.05) is 20.2 Å². The van der Waals surface area contributed by atoms with Crippen LogP contribution in [0.25, 0.3) is 5.52 Å². The van der Waals surface area contributed by atoms with E-state index < -0.39 is 11.9 Å². The van der Waals surface area contributed by atoms with Gasteiger partial charge in [0.25, 0.3) is 0 Å². The van der Waals surface area contributed by atoms with Crippen molar-refractivity contribution in [2.45, 2.75) is 19.4 Å². The molecule has 3 rings (SSSR count). The summed E-state index contributed by atoms with van der Waals surface area (Å²) >= 11 is 0. The monoisotopic (exact) mass is 399 g/mol. The molecular formula is C21H25N3O5. The van der Waals surface area contributed by atoms with Gasteiger partial charge in [0.1, 0.15) is 0 Å². The summed E-state index contributed by atoms with van der Waals surface area (Å²) in [5.41, 5.74) is 2.42. The molecule has 154 valence electrons. The second kappa shape index (κ2) is 11.5. The Labute approximate surface area is 169 Å². The highest BCUT2D eigenvalue weighted by atomic mass is 16.5. The number of carboxylic acid groups (broad SMARTS) is 2. The summed E-state index contributed by atoms with van der Waals surface area (Å²) in [6, 6.07) is 18.5. The van der Waals surface area contributed by atoms with Gasteiger partial charge in [0, 0.05) is 18.8 Å². The number of benzene rings is 1. The van der Waals surface area contributed by atoms with Gasteiger partial charge in [-0.15, -0.1) is 5.10 Å². The summed E-state index contributed by atoms with van der Waals surface area (Å²) in [5, 5.41) is 19.2. The Morgan fingerprint density at radius 2 is 1.72 bits per heavy atom. The van der Waals surface area contributed by atoms with E-state index >= 15 is 0 Å². The first-order chi connectivity index (χ1) is 14.0. The number of hydrogen-bond donors (Lipinski definition) is 2. The lowest BCUT2D eigenvalue weighted by Crippen LogP contribution is -2.19. The van der Waals surface area contributed by atoms with E-state index in [4.69, 9.17) is 24.5 Å². The fourth-order valence-corrected chi connectivity index (χ4v) is 2.62. The topological polar surface area (TPSA) is 104 Å². The smallest absolute Gasteiger partial charge is 0.414 e. The molecule has 0 fully saturated rings. The zero-order valence-electron chi connectivity index (χ0n) is 16.3. The first-order valence-electron chi connectivity index (χ1n) is 9.21. The number of rotatable bonds is 8. The van der Waals surface area contributed by atoms with E-state index in [1.54, 1.807) is 0 Å². The molecule has 0 aliphatic carbocycles. The maximum Gasteiger partial charge on any atom is 0.414 e. The van der Waals surface area contributed by atoms with Crippen LogP contribution in [-0.4, -0.2) is 56.9 Å². The van der Waals surface area contributed by atoms with Crippen LogP contribution in [0.3, 0.4) is 0 Å². The van der Waals surface area contributed by atoms with E-state index in [-0.39, 0.29) is 0 Å². The second-order valence-corrected chi connectivity index (χ2v) is 6.44. The number of fused-ring (bicyclic) bond motifs is 1. The molecule has 0 radical (unpaired) electrons. The van der Waals surface area contributed by atoms with Crippen molar-refractivity contribution < 1.29 is 24.5 Å². The SMILES string of the molecule is CN(CCCCOc1cc2ccccn2n1)Cc1ccccc1.O=C(O)C(=O)O. The fourth-order valence-electron chi connectivity index (χ4n) is 2.62. The molecule has 0 amide bonds. The van der Waals surface area contributed by atoms with Crippen LogP contribution >= 0.6 is 0 Å². The molecule has 0 aliphatic rings. The molecule has 0 saturated heterocycles. The number of ether oxygens (including phenoxy) is 1. The molecule has 29 heavy (non-hydrogen) atoms. The molecule has 2 aromatic heterocycles. The molecule has 0 unspecified atom stereocenters. The summed E-state index contributed by atoms with van der Waals surface area (Å²) in [6.07, 6.45) is 4.09. The predicted octanol–water partition coefficient (Wildman–Crippen LogP) is 2.78. The van der Waals surface area contributed by atoms with Gasteiger partial charge in [-0.25, -0.2) is 14.1 Å². The summed E-state index contributed by atoms with van der Waals surface area (Å²) in [6.45, 7) is 2.78. The normalized spacial score (nSPS) is 10.4. The van der Waals surface area contributed by atoms with Gasteiger partial charge in [-0.05, 0) is 44.1 Å². The molecular weight excluding hydrogens is 374 g/mol. The van der Waals surface area contributed by atoms with Crippen molar-refractivity contribution in [2.24, 2.45) is 0 Å². The molecule has 8 nitrogen and oxygen atoms in total. The van der Waals surface area contributed by atoms with Gasteiger partial charge in [-0.3, -0.25) is 0 Å². The highest BCUT2D eigenvalue weighted by Crippen LogP contribution is 2.13. The lowest BCUT2D eigenvalue weighted by molar-refractivity contribution is -0.159. The van der Waals surface area contributed by atoms with Gasteiger partial charge >= 0.3 is 11.9 Å². The van der Waals surface area contributed by atoms with E-state index in [1.165, 1.54) is 5.56 Å². The van der Waals surface area contributed by atoms with Crippen LogP contribution in [0.15, 0.2) is 60.8 Å². The number of carbonyl (C=O) groups is 2. The number of hydrogen-bond acceptors (Lipinski definition) is 5. The Balaban J connectivity index is 0.000000438. The zero-order valence-corrected chi connectivity index (χ0v) is 16.3. The number of unbranched alkanes of at least 4 members (excludes halogenated alkanes) is 1. The number of carboxylic acids is 2. The largest absolute Gasteiger partial charge is 0.477 e. The van der Waals surface area contributed by atoms with E-state index in [2.05, 4.69) is 47.4 Å². The Kier molecular flexibility index (Phi) is 8.65. The van der Waals surface area contributed by atoms with Crippen molar-refractivity contribution in [1.29, 1.82) is 0 Å². The van der Waals surface area contributed by atoms with Gasteiger partial charge in [0.05, 0.1) is 12.1 Å². The van der Waals surface area contributed by atoms with Crippen LogP contribution in [0.2, 0.25) is 0 Å². The summed E-state index contributed by atoms with van der Waals surface area (Å²) in [5.74, 6) is -2.95. The summed E-state index contributed by atoms with van der Waals surface area (Å²) in [7, 11) is 2.16. The van der Waals surface area contributed by atoms with Gasteiger partial charge in [0.2, 0.25) is 5.88 Å². The van der Waals surface area contributed by atoms with Gasteiger partial charge in [0.15, 0.2) is 0 Å². The van der Waals surface area contributed by atoms with Crippen LogP contribution in [0.4, 0.5) is 0 Å². The van der Waals surface area contributed by atoms with Crippen LogP contribution in [-0.2, 0) is 16.1 Å². The third-order valence-corrected chi connectivity index (χ3v) is 4.01. The van der Waals surface area contributed by atoms with E-state index in [0.29, 0.717) is 12.5 Å². The fraction of sp³-hybridized carbons (Fsp3) is 0.286. The quantitative estimate of drug-likeness (QED) is 0.443. The van der Waals surface area contributed by atoms with E-state index in [0.717, 1.165) is 31.4 Å². The lowest BCUT2D eigenvalue weighted by Gasteiger charge is -2.16. The van der Waals surface area contributed by atoms with Crippen LogP contribution in [0.5, 0.6) is 5.88 Å². The van der Waals surface area contributed by atoms with Crippen molar-refractivity contribution in [3.8, 4) is 5.88 Å². The second-order valence-electron chi connectivity index (χ2n) is 6.44. The highest BCUT2D eigenvalue weighted by Gasteiger charge is 2.04. The number of pyridine rings is 1. The predicted molar refractivity (Wildman–Crippen MR) is 108 cm³/mol. The zero-order chi connectivity index (χ0) is 21.1. The van der Waals surface area contributed by atoms with Gasteiger partial charge in [-0.1, -0.05) is 36.4 Å². The summed E-state index contributed by atoms with van der Waals surface area (Å²) < 4.78 is 7.58. The lowest BCUT2D eigenvalue weighted by atomic mass is 10.2. The highest BCUT2D eigenvalue weighted by molar-refractivity contribution is 6.27. The Morgan fingerprint density at radius 3 is 2.38 bits per heavy atom. The maximum atomic E-state index is 9.10. The Hall–Kier alpha value is -3.39. The number of nitrogens with zero attached hydrogens (tertiary/aromatic N) is 3. The third kappa shape index (κ3) is 8.02. The van der Waals surface area contributed by atoms with Gasteiger partial charge in [-0.2, -0.15) is 0 Å². The van der Waals surface area contributed by atoms with Gasteiger partial charge < -0.3 is 19.8 Å². The molecule has 1 aromatic carbocycles. The van der Waals surface area contributed by atoms with E-state index in [9.17, 15) is 0 Å². The minimum atomic E-state index is -1.82. The minimum Gasteiger partial charge on any atom is -0.477 e. The maximum absolute atomic E-state index is 9.10. The van der Waals surface area contributed by atoms with Crippen LogP contribution < -0.4 is 4.74 Å². The molecule has 0 spiro atoms. The number of aromatic nitrogens is 2. The van der Waals surface area contributed by atoms with Crippen molar-refractivity contribution in [1.82, 2.24) is 14.5 Å². The van der Waals surface area contributed by atoms with E-state index in [1.807, 2.05) is 35.0 Å². The van der Waals surface area contributed by atoms with Crippen molar-refractivity contribution in [3.63, 3.8) is 0 Å². The molecule has 0 aliphatic heterocycles. The summed E-state index contributed by atoms with van der Waals surface area (Å²) in [4.78, 5) is 20.5.